The molecule has 0 amide bonds. The van der Waals surface area contributed by atoms with Gasteiger partial charge in [0.15, 0.2) is 23.1 Å². The number of fused-ring (bicyclic) bond motifs is 1. The monoisotopic (exact) mass is 260 g/mol. The van der Waals surface area contributed by atoms with Crippen molar-refractivity contribution in [1.29, 1.82) is 0 Å². The molecule has 3 nitrogen and oxygen atoms in total. The number of benzene rings is 2. The third-order valence-electron chi connectivity index (χ3n) is 2.83. The van der Waals surface area contributed by atoms with E-state index in [9.17, 15) is 8.78 Å². The molecule has 1 aromatic heterocycles. The van der Waals surface area contributed by atoms with Gasteiger partial charge in [-0.15, -0.1) is 0 Å². The van der Waals surface area contributed by atoms with Crippen molar-refractivity contribution in [3.63, 3.8) is 0 Å². The second kappa shape index (κ2) is 4.35. The quantitative estimate of drug-likeness (QED) is 0.719. The van der Waals surface area contributed by atoms with Crippen LogP contribution in [0.1, 0.15) is 11.5 Å². The molecule has 0 radical (unpaired) electrons. The van der Waals surface area contributed by atoms with Crippen LogP contribution in [-0.4, -0.2) is 4.98 Å². The highest BCUT2D eigenvalue weighted by Crippen LogP contribution is 2.21. The molecule has 5 heteroatoms. The van der Waals surface area contributed by atoms with Gasteiger partial charge in [0.05, 0.1) is 6.42 Å². The van der Waals surface area contributed by atoms with Crippen LogP contribution < -0.4 is 5.73 Å². The average Bonchev–Trinajstić information content (AvgIpc) is 2.76. The fourth-order valence-electron chi connectivity index (χ4n) is 1.91. The summed E-state index contributed by atoms with van der Waals surface area (Å²) in [6.45, 7) is 0. The zero-order chi connectivity index (χ0) is 13.4. The number of oxazole rings is 1. The van der Waals surface area contributed by atoms with Crippen LogP contribution in [0.2, 0.25) is 0 Å². The van der Waals surface area contributed by atoms with Gasteiger partial charge in [0.25, 0.3) is 0 Å². The lowest BCUT2D eigenvalue weighted by Crippen LogP contribution is -1.95. The van der Waals surface area contributed by atoms with Gasteiger partial charge in [-0.05, 0) is 18.2 Å². The maximum atomic E-state index is 13.5. The van der Waals surface area contributed by atoms with Crippen LogP contribution in [0.5, 0.6) is 0 Å². The zero-order valence-electron chi connectivity index (χ0n) is 9.86. The number of halogens is 2. The summed E-state index contributed by atoms with van der Waals surface area (Å²) < 4.78 is 32.1. The normalized spacial score (nSPS) is 11.1. The van der Waals surface area contributed by atoms with Crippen LogP contribution in [0, 0.1) is 11.6 Å². The van der Waals surface area contributed by atoms with Crippen molar-refractivity contribution in [2.24, 2.45) is 0 Å². The Bertz CT molecular complexity index is 752. The first-order valence-electron chi connectivity index (χ1n) is 5.71. The Hall–Kier alpha value is -2.43. The average molecular weight is 260 g/mol. The fraction of sp³-hybridized carbons (Fsp3) is 0.0714. The summed E-state index contributed by atoms with van der Waals surface area (Å²) in [5.41, 5.74) is 7.58. The number of hydrogen-bond donors (Lipinski definition) is 1. The van der Waals surface area contributed by atoms with Crippen LogP contribution >= 0.6 is 0 Å². The lowest BCUT2D eigenvalue weighted by atomic mass is 10.1. The Kier molecular flexibility index (Phi) is 2.67. The number of nitrogen functional groups attached to an aromatic ring is 1. The number of hydrogen-bond acceptors (Lipinski definition) is 3. The van der Waals surface area contributed by atoms with Gasteiger partial charge in [0.1, 0.15) is 5.52 Å². The van der Waals surface area contributed by atoms with E-state index in [1.165, 1.54) is 12.1 Å². The van der Waals surface area contributed by atoms with Gasteiger partial charge in [0.2, 0.25) is 0 Å². The molecule has 0 saturated carbocycles. The van der Waals surface area contributed by atoms with Crippen molar-refractivity contribution in [2.45, 2.75) is 6.42 Å². The van der Waals surface area contributed by atoms with Crippen LogP contribution in [0.3, 0.4) is 0 Å². The molecule has 0 atom stereocenters. The summed E-state index contributed by atoms with van der Waals surface area (Å²) in [7, 11) is 0. The van der Waals surface area contributed by atoms with Crippen molar-refractivity contribution < 1.29 is 13.2 Å². The minimum absolute atomic E-state index is 0.0954. The second-order valence-electron chi connectivity index (χ2n) is 4.22. The number of nitrogens with zero attached hydrogens (tertiary/aromatic N) is 1. The van der Waals surface area contributed by atoms with Crippen LogP contribution in [0.4, 0.5) is 14.5 Å². The second-order valence-corrected chi connectivity index (χ2v) is 4.22. The maximum Gasteiger partial charge on any atom is 0.200 e. The van der Waals surface area contributed by atoms with Crippen molar-refractivity contribution in [2.75, 3.05) is 5.73 Å². The van der Waals surface area contributed by atoms with Crippen molar-refractivity contribution in [3.05, 3.63) is 59.5 Å². The predicted octanol–water partition coefficient (Wildman–Crippen LogP) is 3.28. The van der Waals surface area contributed by atoms with E-state index in [1.54, 1.807) is 18.2 Å². The van der Waals surface area contributed by atoms with Crippen molar-refractivity contribution >= 4 is 16.8 Å². The minimum atomic E-state index is -0.877. The van der Waals surface area contributed by atoms with Gasteiger partial charge >= 0.3 is 0 Å². The summed E-state index contributed by atoms with van der Waals surface area (Å²) in [4.78, 5) is 4.21. The lowest BCUT2D eigenvalue weighted by molar-refractivity contribution is 0.491. The van der Waals surface area contributed by atoms with Crippen LogP contribution in [0.25, 0.3) is 11.1 Å². The molecule has 1 heterocycles. The van der Waals surface area contributed by atoms with E-state index in [2.05, 4.69) is 4.98 Å². The first kappa shape index (κ1) is 11.6. The first-order valence-corrected chi connectivity index (χ1v) is 5.71. The molecule has 2 aromatic carbocycles. The Morgan fingerprint density at radius 2 is 2.00 bits per heavy atom. The number of anilines is 1. The van der Waals surface area contributed by atoms with Gasteiger partial charge in [-0.2, -0.15) is 0 Å². The SMILES string of the molecule is Nc1ccc2nc(Cc3cccc(F)c3F)oc2c1. The van der Waals surface area contributed by atoms with E-state index in [1.807, 2.05) is 0 Å². The van der Waals surface area contributed by atoms with Gasteiger partial charge in [0, 0.05) is 17.3 Å². The molecule has 0 spiro atoms. The predicted molar refractivity (Wildman–Crippen MR) is 67.6 cm³/mol. The maximum absolute atomic E-state index is 13.5. The molecule has 3 aromatic rings. The summed E-state index contributed by atoms with van der Waals surface area (Å²) in [5.74, 6) is -1.42. The molecule has 96 valence electrons. The minimum Gasteiger partial charge on any atom is -0.440 e. The number of aromatic nitrogens is 1. The molecular weight excluding hydrogens is 250 g/mol. The highest BCUT2D eigenvalue weighted by Gasteiger charge is 2.12. The molecule has 0 bridgehead atoms. The molecule has 0 fully saturated rings. The van der Waals surface area contributed by atoms with Gasteiger partial charge < -0.3 is 10.2 Å². The molecular formula is C14H10F2N2O. The molecule has 0 aliphatic rings. The summed E-state index contributed by atoms with van der Waals surface area (Å²) in [5, 5.41) is 0. The Morgan fingerprint density at radius 1 is 1.16 bits per heavy atom. The molecule has 2 N–H and O–H groups in total. The topological polar surface area (TPSA) is 52.0 Å². The zero-order valence-corrected chi connectivity index (χ0v) is 9.86. The molecule has 0 aliphatic heterocycles. The van der Waals surface area contributed by atoms with E-state index in [4.69, 9.17) is 10.2 Å². The van der Waals surface area contributed by atoms with E-state index in [0.29, 0.717) is 22.7 Å². The number of nitrogens with two attached hydrogens (primary N) is 1. The molecule has 0 saturated heterocycles. The van der Waals surface area contributed by atoms with E-state index in [-0.39, 0.29) is 12.0 Å². The smallest absolute Gasteiger partial charge is 0.200 e. The largest absolute Gasteiger partial charge is 0.440 e. The summed E-state index contributed by atoms with van der Waals surface area (Å²) in [6.07, 6.45) is 0.0954. The lowest BCUT2D eigenvalue weighted by Gasteiger charge is -2.00. The number of rotatable bonds is 2. The van der Waals surface area contributed by atoms with Gasteiger partial charge in [-0.3, -0.25) is 0 Å². The third-order valence-corrected chi connectivity index (χ3v) is 2.83. The Labute approximate surface area is 107 Å². The molecule has 19 heavy (non-hydrogen) atoms. The van der Waals surface area contributed by atoms with Gasteiger partial charge in [-0.25, -0.2) is 13.8 Å². The van der Waals surface area contributed by atoms with E-state index in [0.717, 1.165) is 6.07 Å². The Balaban J connectivity index is 1.99. The molecule has 0 aliphatic carbocycles. The highest BCUT2D eigenvalue weighted by molar-refractivity contribution is 5.76. The third kappa shape index (κ3) is 2.14. The van der Waals surface area contributed by atoms with Crippen LogP contribution in [-0.2, 0) is 6.42 Å². The first-order chi connectivity index (χ1) is 9.13. The molecule has 0 unspecified atom stereocenters. The van der Waals surface area contributed by atoms with E-state index < -0.39 is 11.6 Å². The van der Waals surface area contributed by atoms with Gasteiger partial charge in [-0.1, -0.05) is 12.1 Å². The van der Waals surface area contributed by atoms with Crippen molar-refractivity contribution in [1.82, 2.24) is 4.98 Å². The standard InChI is InChI=1S/C14H10F2N2O/c15-10-3-1-2-8(14(10)16)6-13-18-11-5-4-9(17)7-12(11)19-13/h1-5,7H,6,17H2. The fourth-order valence-corrected chi connectivity index (χ4v) is 1.91. The van der Waals surface area contributed by atoms with Crippen LogP contribution in [0.15, 0.2) is 40.8 Å². The molecule has 3 rings (SSSR count). The van der Waals surface area contributed by atoms with E-state index >= 15 is 0 Å². The summed E-state index contributed by atoms with van der Waals surface area (Å²) in [6, 6.07) is 9.10. The highest BCUT2D eigenvalue weighted by atomic mass is 19.2. The Morgan fingerprint density at radius 3 is 2.84 bits per heavy atom. The van der Waals surface area contributed by atoms with Crippen molar-refractivity contribution in [3.8, 4) is 0 Å². The summed E-state index contributed by atoms with van der Waals surface area (Å²) >= 11 is 0.